The highest BCUT2D eigenvalue weighted by molar-refractivity contribution is 5.74. The fourth-order valence-corrected chi connectivity index (χ4v) is 3.60. The number of rotatable bonds is 8. The van der Waals surface area contributed by atoms with E-state index in [1.807, 2.05) is 32.0 Å². The summed E-state index contributed by atoms with van der Waals surface area (Å²) in [7, 11) is 0. The molecule has 6 nitrogen and oxygen atoms in total. The predicted molar refractivity (Wildman–Crippen MR) is 109 cm³/mol. The molecular formula is C21H35N5O. The normalized spacial score (nSPS) is 16.4. The van der Waals surface area contributed by atoms with Crippen molar-refractivity contribution < 1.29 is 4.79 Å². The zero-order chi connectivity index (χ0) is 19.8. The van der Waals surface area contributed by atoms with Gasteiger partial charge in [-0.1, -0.05) is 63.4 Å². The van der Waals surface area contributed by atoms with Crippen LogP contribution in [-0.2, 0) is 5.54 Å². The first-order valence-electron chi connectivity index (χ1n) is 10.2. The summed E-state index contributed by atoms with van der Waals surface area (Å²) in [4.78, 5) is 12.4. The van der Waals surface area contributed by atoms with Gasteiger partial charge in [0.1, 0.15) is 5.66 Å². The minimum atomic E-state index is -0.739. The largest absolute Gasteiger partial charge is 0.331 e. The molecule has 2 rings (SSSR count). The van der Waals surface area contributed by atoms with Crippen molar-refractivity contribution >= 4 is 6.03 Å². The zero-order valence-electron chi connectivity index (χ0n) is 17.2. The van der Waals surface area contributed by atoms with Gasteiger partial charge in [0.25, 0.3) is 0 Å². The Balaban J connectivity index is 1.92. The number of benzene rings is 1. The zero-order valence-corrected chi connectivity index (χ0v) is 17.2. The number of hydrogen-bond acceptors (Lipinski definition) is 4. The number of carbonyl (C=O) groups excluding carboxylic acids is 1. The van der Waals surface area contributed by atoms with Crippen molar-refractivity contribution in [3.8, 4) is 0 Å². The summed E-state index contributed by atoms with van der Waals surface area (Å²) in [6, 6.07) is 10.2. The Morgan fingerprint density at radius 2 is 1.70 bits per heavy atom. The van der Waals surface area contributed by atoms with Gasteiger partial charge in [-0.05, 0) is 45.1 Å². The van der Waals surface area contributed by atoms with Crippen molar-refractivity contribution in [3.63, 3.8) is 0 Å². The van der Waals surface area contributed by atoms with Gasteiger partial charge in [0.2, 0.25) is 0 Å². The Hall–Kier alpha value is -1.95. The second-order valence-corrected chi connectivity index (χ2v) is 7.93. The van der Waals surface area contributed by atoms with Crippen LogP contribution in [0.5, 0.6) is 0 Å². The maximum atomic E-state index is 12.4. The average Bonchev–Trinajstić information content (AvgIpc) is 2.69. The van der Waals surface area contributed by atoms with Gasteiger partial charge in [0, 0.05) is 0 Å². The Kier molecular flexibility index (Phi) is 7.78. The number of hydrazine groups is 1. The number of urea groups is 1. The molecule has 0 atom stereocenters. The molecule has 6 heteroatoms. The molecule has 3 N–H and O–H groups in total. The van der Waals surface area contributed by atoms with Crippen LogP contribution >= 0.6 is 0 Å². The van der Waals surface area contributed by atoms with Crippen molar-refractivity contribution in [1.29, 1.82) is 0 Å². The van der Waals surface area contributed by atoms with Crippen molar-refractivity contribution in [3.05, 3.63) is 35.9 Å². The molecule has 1 aromatic rings. The van der Waals surface area contributed by atoms with E-state index < -0.39 is 5.66 Å². The van der Waals surface area contributed by atoms with Crippen LogP contribution in [0.3, 0.4) is 0 Å². The Labute approximate surface area is 163 Å². The van der Waals surface area contributed by atoms with E-state index >= 15 is 0 Å². The van der Waals surface area contributed by atoms with Gasteiger partial charge in [0.05, 0.1) is 11.6 Å². The Morgan fingerprint density at radius 3 is 2.30 bits per heavy atom. The van der Waals surface area contributed by atoms with Gasteiger partial charge in [-0.3, -0.25) is 5.43 Å². The SMILES string of the molecule is CCC(CC)(NNC(=O)NC(C)(C)N=NC1CCCCC1)c1ccccc1. The number of hydrogen-bond donors (Lipinski definition) is 3. The molecule has 27 heavy (non-hydrogen) atoms. The highest BCUT2D eigenvalue weighted by Crippen LogP contribution is 2.27. The minimum absolute atomic E-state index is 0.298. The maximum Gasteiger partial charge on any atom is 0.331 e. The van der Waals surface area contributed by atoms with Gasteiger partial charge in [-0.2, -0.15) is 10.2 Å². The molecule has 0 radical (unpaired) electrons. The van der Waals surface area contributed by atoms with E-state index in [2.05, 4.69) is 52.4 Å². The van der Waals surface area contributed by atoms with Crippen molar-refractivity contribution in [2.75, 3.05) is 0 Å². The smallest absolute Gasteiger partial charge is 0.311 e. The maximum absolute atomic E-state index is 12.4. The number of carbonyl (C=O) groups is 1. The molecule has 0 aliphatic heterocycles. The monoisotopic (exact) mass is 373 g/mol. The van der Waals surface area contributed by atoms with Crippen LogP contribution in [0, 0.1) is 0 Å². The van der Waals surface area contributed by atoms with E-state index in [4.69, 9.17) is 0 Å². The summed E-state index contributed by atoms with van der Waals surface area (Å²) in [5.74, 6) is 0. The molecule has 1 fully saturated rings. The summed E-state index contributed by atoms with van der Waals surface area (Å²) < 4.78 is 0. The van der Waals surface area contributed by atoms with E-state index in [0.29, 0.717) is 6.04 Å². The van der Waals surface area contributed by atoms with Crippen LogP contribution in [0.1, 0.15) is 78.2 Å². The summed E-state index contributed by atoms with van der Waals surface area (Å²) in [6.45, 7) is 7.96. The highest BCUT2D eigenvalue weighted by atomic mass is 16.2. The van der Waals surface area contributed by atoms with Gasteiger partial charge in [-0.25, -0.2) is 10.2 Å². The topological polar surface area (TPSA) is 77.9 Å². The second kappa shape index (κ2) is 9.83. The molecule has 0 heterocycles. The first kappa shape index (κ1) is 21.4. The second-order valence-electron chi connectivity index (χ2n) is 7.93. The summed E-state index contributed by atoms with van der Waals surface area (Å²) >= 11 is 0. The molecule has 0 aromatic heterocycles. The average molecular weight is 374 g/mol. The first-order chi connectivity index (χ1) is 12.9. The molecule has 150 valence electrons. The molecule has 1 aliphatic rings. The highest BCUT2D eigenvalue weighted by Gasteiger charge is 2.29. The van der Waals surface area contributed by atoms with Crippen molar-refractivity contribution in [2.24, 2.45) is 10.2 Å². The van der Waals surface area contributed by atoms with Crippen LogP contribution in [0.4, 0.5) is 4.79 Å². The third-order valence-corrected chi connectivity index (χ3v) is 5.41. The Bertz CT molecular complexity index is 604. The van der Waals surface area contributed by atoms with Gasteiger partial charge >= 0.3 is 6.03 Å². The molecule has 1 aliphatic carbocycles. The van der Waals surface area contributed by atoms with Gasteiger partial charge < -0.3 is 5.32 Å². The van der Waals surface area contributed by atoms with E-state index in [0.717, 1.165) is 31.2 Å². The number of nitrogens with zero attached hydrogens (tertiary/aromatic N) is 2. The lowest BCUT2D eigenvalue weighted by Crippen LogP contribution is -2.57. The van der Waals surface area contributed by atoms with Crippen LogP contribution in [0.15, 0.2) is 40.6 Å². The molecule has 0 spiro atoms. The molecule has 0 bridgehead atoms. The fourth-order valence-electron chi connectivity index (χ4n) is 3.60. The van der Waals surface area contributed by atoms with Crippen LogP contribution in [-0.4, -0.2) is 17.7 Å². The van der Waals surface area contributed by atoms with Gasteiger partial charge in [-0.15, -0.1) is 0 Å². The van der Waals surface area contributed by atoms with E-state index in [1.165, 1.54) is 19.3 Å². The Morgan fingerprint density at radius 1 is 1.07 bits per heavy atom. The summed E-state index contributed by atoms with van der Waals surface area (Å²) in [6.07, 6.45) is 7.64. The standard InChI is InChI=1S/C21H35N5O/c1-5-21(6-2,17-13-9-7-10-14-17)26-24-19(27)22-20(3,4)25-23-18-15-11-8-12-16-18/h7,9-10,13-14,18,26H,5-6,8,11-12,15-16H2,1-4H3,(H2,22,24,27). The predicted octanol–water partition coefficient (Wildman–Crippen LogP) is 5.03. The summed E-state index contributed by atoms with van der Waals surface area (Å²) in [5, 5.41) is 11.7. The molecule has 2 amide bonds. The first-order valence-corrected chi connectivity index (χ1v) is 10.2. The lowest BCUT2D eigenvalue weighted by atomic mass is 9.85. The quantitative estimate of drug-likeness (QED) is 0.441. The van der Waals surface area contributed by atoms with Crippen LogP contribution in [0.25, 0.3) is 0 Å². The lowest BCUT2D eigenvalue weighted by Gasteiger charge is -2.34. The number of nitrogens with one attached hydrogen (secondary N) is 3. The van der Waals surface area contributed by atoms with Crippen LogP contribution in [0.2, 0.25) is 0 Å². The molecule has 1 saturated carbocycles. The van der Waals surface area contributed by atoms with E-state index in [1.54, 1.807) is 0 Å². The molecule has 1 aromatic carbocycles. The van der Waals surface area contributed by atoms with Crippen LogP contribution < -0.4 is 16.2 Å². The molecule has 0 saturated heterocycles. The minimum Gasteiger partial charge on any atom is -0.311 e. The number of amides is 2. The molecular weight excluding hydrogens is 338 g/mol. The van der Waals surface area contributed by atoms with Gasteiger partial charge in [0.15, 0.2) is 0 Å². The third kappa shape index (κ3) is 6.31. The van der Waals surface area contributed by atoms with Crippen molar-refractivity contribution in [2.45, 2.75) is 89.9 Å². The summed E-state index contributed by atoms with van der Waals surface area (Å²) in [5.41, 5.74) is 6.18. The fraction of sp³-hybridized carbons (Fsp3) is 0.667. The number of azo groups is 1. The molecule has 0 unspecified atom stereocenters. The van der Waals surface area contributed by atoms with E-state index in [9.17, 15) is 4.79 Å². The van der Waals surface area contributed by atoms with E-state index in [-0.39, 0.29) is 11.6 Å². The van der Waals surface area contributed by atoms with Crippen molar-refractivity contribution in [1.82, 2.24) is 16.2 Å². The lowest BCUT2D eigenvalue weighted by molar-refractivity contribution is 0.206. The third-order valence-electron chi connectivity index (χ3n) is 5.41.